The molecule has 0 spiro atoms. The van der Waals surface area contributed by atoms with Crippen molar-refractivity contribution in [2.75, 3.05) is 11.9 Å². The summed E-state index contributed by atoms with van der Waals surface area (Å²) in [5, 5.41) is 3.81. The Labute approximate surface area is 250 Å². The van der Waals surface area contributed by atoms with Crippen molar-refractivity contribution in [3.05, 3.63) is 128 Å². The van der Waals surface area contributed by atoms with Crippen molar-refractivity contribution in [2.45, 2.75) is 38.8 Å². The van der Waals surface area contributed by atoms with Crippen LogP contribution in [0.15, 0.2) is 102 Å². The number of rotatable bonds is 8. The van der Waals surface area contributed by atoms with Gasteiger partial charge < -0.3 is 14.8 Å². The van der Waals surface area contributed by atoms with Gasteiger partial charge in [0.15, 0.2) is 11.5 Å². The van der Waals surface area contributed by atoms with E-state index in [1.54, 1.807) is 0 Å². The van der Waals surface area contributed by atoms with Crippen molar-refractivity contribution in [2.24, 2.45) is 10.9 Å². The molecule has 1 aliphatic carbocycles. The van der Waals surface area contributed by atoms with E-state index in [1.165, 1.54) is 22.4 Å². The minimum Gasteiger partial charge on any atom is -0.490 e. The highest BCUT2D eigenvalue weighted by molar-refractivity contribution is 14.1. The molecule has 5 heteroatoms. The second-order valence-corrected chi connectivity index (χ2v) is 11.6. The molecule has 2 aliphatic rings. The number of fused-ring (bicyclic) bond motifs is 3. The molecule has 0 bridgehead atoms. The number of aliphatic imine (C=N–C) groups is 1. The minimum absolute atomic E-state index is 0.288. The molecule has 202 valence electrons. The van der Waals surface area contributed by atoms with Crippen molar-refractivity contribution < 1.29 is 9.47 Å². The minimum atomic E-state index is 0.288. The van der Waals surface area contributed by atoms with Gasteiger partial charge in [-0.05, 0) is 101 Å². The van der Waals surface area contributed by atoms with Gasteiger partial charge in [0, 0.05) is 17.8 Å². The van der Waals surface area contributed by atoms with Gasteiger partial charge in [-0.25, -0.2) is 0 Å². The Hall–Kier alpha value is -3.58. The molecule has 3 atom stereocenters. The Morgan fingerprint density at radius 2 is 1.77 bits per heavy atom. The summed E-state index contributed by atoms with van der Waals surface area (Å²) in [5.74, 6) is 2.52. The van der Waals surface area contributed by atoms with Gasteiger partial charge in [0.05, 0.1) is 21.9 Å². The summed E-state index contributed by atoms with van der Waals surface area (Å²) in [4.78, 5) is 4.78. The van der Waals surface area contributed by atoms with Crippen LogP contribution >= 0.6 is 22.6 Å². The molecule has 1 N–H and O–H groups in total. The second kappa shape index (κ2) is 11.9. The van der Waals surface area contributed by atoms with Gasteiger partial charge >= 0.3 is 0 Å². The zero-order valence-corrected chi connectivity index (χ0v) is 25.0. The average Bonchev–Trinajstić information content (AvgIpc) is 3.47. The van der Waals surface area contributed by atoms with Crippen molar-refractivity contribution in [3.63, 3.8) is 0 Å². The van der Waals surface area contributed by atoms with E-state index in [1.807, 2.05) is 19.2 Å². The van der Waals surface area contributed by atoms with Crippen LogP contribution in [0.4, 0.5) is 11.4 Å². The Kier molecular flexibility index (Phi) is 7.91. The average molecular weight is 641 g/mol. The Morgan fingerprint density at radius 1 is 0.975 bits per heavy atom. The number of nitrogens with one attached hydrogen (secondary N) is 1. The molecule has 40 heavy (non-hydrogen) atoms. The fraction of sp³-hybridized carbons (Fsp3) is 0.229. The monoisotopic (exact) mass is 640 g/mol. The summed E-state index contributed by atoms with van der Waals surface area (Å²) in [6, 6.07) is 30.1. The maximum atomic E-state index is 6.20. The standard InChI is InChI=1S/C35H33IN2O2/c1-3-39-33-20-25(19-31(36)35(33)40-22-24-13-11-23(2)12-14-24)21-37-27-17-15-26(16-18-27)34-30-9-6-8-28(30)29-7-4-5-10-32(29)38-34/h4-8,10-21,28,30,34,38H,3,9,22H2,1-2H3/t28-,30+,34+/m1/s1. The normalized spacial score (nSPS) is 19.2. The lowest BCUT2D eigenvalue weighted by Gasteiger charge is -2.37. The van der Waals surface area contributed by atoms with Gasteiger partial charge in [-0.15, -0.1) is 0 Å². The summed E-state index contributed by atoms with van der Waals surface area (Å²) in [6.07, 6.45) is 7.71. The Morgan fingerprint density at radius 3 is 2.58 bits per heavy atom. The fourth-order valence-corrected chi connectivity index (χ4v) is 6.48. The van der Waals surface area contributed by atoms with Crippen LogP contribution < -0.4 is 14.8 Å². The lowest BCUT2D eigenvalue weighted by molar-refractivity contribution is 0.267. The van der Waals surface area contributed by atoms with Gasteiger partial charge in [0.25, 0.3) is 0 Å². The number of halogens is 1. The molecule has 1 heterocycles. The third kappa shape index (κ3) is 5.66. The largest absolute Gasteiger partial charge is 0.490 e. The fourth-order valence-electron chi connectivity index (χ4n) is 5.70. The molecule has 1 aliphatic heterocycles. The summed E-state index contributed by atoms with van der Waals surface area (Å²) in [7, 11) is 0. The zero-order valence-electron chi connectivity index (χ0n) is 22.8. The predicted octanol–water partition coefficient (Wildman–Crippen LogP) is 9.15. The highest BCUT2D eigenvalue weighted by atomic mass is 127. The number of para-hydroxylation sites is 1. The molecule has 4 aromatic carbocycles. The van der Waals surface area contributed by atoms with Crippen molar-refractivity contribution in [3.8, 4) is 11.5 Å². The molecule has 0 amide bonds. The molecule has 4 nitrogen and oxygen atoms in total. The summed E-state index contributed by atoms with van der Waals surface area (Å²) < 4.78 is 13.2. The van der Waals surface area contributed by atoms with E-state index >= 15 is 0 Å². The SMILES string of the molecule is CCOc1cc(C=Nc2ccc([C@@H]3Nc4ccccc4[C@H]4C=CC[C@@H]43)cc2)cc(I)c1OCc1ccc(C)cc1. The number of aryl methyl sites for hydroxylation is 1. The van der Waals surface area contributed by atoms with Crippen molar-refractivity contribution >= 4 is 40.2 Å². The quantitative estimate of drug-likeness (QED) is 0.119. The number of hydrogen-bond acceptors (Lipinski definition) is 4. The van der Waals surface area contributed by atoms with Crippen molar-refractivity contribution in [1.29, 1.82) is 0 Å². The van der Waals surface area contributed by atoms with E-state index < -0.39 is 0 Å². The Balaban J connectivity index is 1.17. The van der Waals surface area contributed by atoms with Crippen molar-refractivity contribution in [1.82, 2.24) is 0 Å². The molecular formula is C35H33IN2O2. The van der Waals surface area contributed by atoms with Gasteiger partial charge in [-0.3, -0.25) is 4.99 Å². The van der Waals surface area contributed by atoms with Gasteiger partial charge in [-0.1, -0.05) is 72.3 Å². The third-order valence-corrected chi connectivity index (χ3v) is 8.52. The highest BCUT2D eigenvalue weighted by Gasteiger charge is 2.37. The van der Waals surface area contributed by atoms with Crippen LogP contribution in [0.1, 0.15) is 53.1 Å². The molecule has 0 unspecified atom stereocenters. The first-order valence-electron chi connectivity index (χ1n) is 13.9. The first-order valence-corrected chi connectivity index (χ1v) is 15.0. The van der Waals surface area contributed by atoms with Crippen LogP contribution in [-0.2, 0) is 6.61 Å². The predicted molar refractivity (Wildman–Crippen MR) is 172 cm³/mol. The smallest absolute Gasteiger partial charge is 0.175 e. The molecule has 4 aromatic rings. The number of allylic oxidation sites excluding steroid dienone is 2. The summed E-state index contributed by atoms with van der Waals surface area (Å²) in [5.41, 5.74) is 8.22. The van der Waals surface area contributed by atoms with E-state index in [2.05, 4.69) is 126 Å². The zero-order chi connectivity index (χ0) is 27.5. The molecule has 0 radical (unpaired) electrons. The van der Waals surface area contributed by atoms with Gasteiger partial charge in [0.2, 0.25) is 0 Å². The number of hydrogen-bond donors (Lipinski definition) is 1. The number of anilines is 1. The van der Waals surface area contributed by atoms with E-state index in [0.29, 0.717) is 25.0 Å². The van der Waals surface area contributed by atoms with Crippen LogP contribution in [-0.4, -0.2) is 12.8 Å². The molecule has 0 saturated heterocycles. The van der Waals surface area contributed by atoms with Gasteiger partial charge in [0.1, 0.15) is 6.61 Å². The lowest BCUT2D eigenvalue weighted by Crippen LogP contribution is -2.28. The topological polar surface area (TPSA) is 42.8 Å². The lowest BCUT2D eigenvalue weighted by atomic mass is 9.77. The Bertz CT molecular complexity index is 1540. The van der Waals surface area contributed by atoms with E-state index in [-0.39, 0.29) is 6.04 Å². The molecule has 0 aromatic heterocycles. The number of ether oxygens (including phenoxy) is 2. The summed E-state index contributed by atoms with van der Waals surface area (Å²) in [6.45, 7) is 5.14. The van der Waals surface area contributed by atoms with Gasteiger partial charge in [-0.2, -0.15) is 0 Å². The van der Waals surface area contributed by atoms with Crippen LogP contribution in [0.25, 0.3) is 0 Å². The highest BCUT2D eigenvalue weighted by Crippen LogP contribution is 2.49. The van der Waals surface area contributed by atoms with Crippen LogP contribution in [0.5, 0.6) is 11.5 Å². The molecule has 0 fully saturated rings. The molecule has 6 rings (SSSR count). The van der Waals surface area contributed by atoms with Crippen LogP contribution in [0.3, 0.4) is 0 Å². The number of benzene rings is 4. The third-order valence-electron chi connectivity index (χ3n) is 7.72. The van der Waals surface area contributed by atoms with E-state index in [9.17, 15) is 0 Å². The van der Waals surface area contributed by atoms with Crippen LogP contribution in [0.2, 0.25) is 0 Å². The maximum absolute atomic E-state index is 6.20. The molecular weight excluding hydrogens is 607 g/mol. The molecule has 0 saturated carbocycles. The van der Waals surface area contributed by atoms with E-state index in [4.69, 9.17) is 14.5 Å². The van der Waals surface area contributed by atoms with E-state index in [0.717, 1.165) is 38.3 Å². The summed E-state index contributed by atoms with van der Waals surface area (Å²) >= 11 is 2.32. The maximum Gasteiger partial charge on any atom is 0.175 e. The van der Waals surface area contributed by atoms with Crippen LogP contribution in [0, 0.1) is 16.4 Å². The first kappa shape index (κ1) is 26.6. The first-order chi connectivity index (χ1) is 19.6. The second-order valence-electron chi connectivity index (χ2n) is 10.4. The number of nitrogens with zero attached hydrogens (tertiary/aromatic N) is 1.